The third kappa shape index (κ3) is 1.54. The topological polar surface area (TPSA) is 33.2 Å². The second kappa shape index (κ2) is 3.59. The van der Waals surface area contributed by atoms with Gasteiger partial charge in [-0.2, -0.15) is 0 Å². The van der Waals surface area contributed by atoms with E-state index >= 15 is 0 Å². The first kappa shape index (κ1) is 9.33. The van der Waals surface area contributed by atoms with E-state index in [0.717, 1.165) is 23.1 Å². The molecule has 2 aromatic rings. The summed E-state index contributed by atoms with van der Waals surface area (Å²) in [6.07, 6.45) is 2.51. The Morgan fingerprint density at radius 1 is 1.25 bits per heavy atom. The van der Waals surface area contributed by atoms with E-state index in [0.29, 0.717) is 18.7 Å². The van der Waals surface area contributed by atoms with Gasteiger partial charge in [0.05, 0.1) is 23.9 Å². The minimum absolute atomic E-state index is 0.313. The Morgan fingerprint density at radius 2 is 2.12 bits per heavy atom. The molecule has 1 aromatic carbocycles. The predicted octanol–water partition coefficient (Wildman–Crippen LogP) is 2.01. The van der Waals surface area contributed by atoms with Gasteiger partial charge in [-0.1, -0.05) is 18.2 Å². The molecule has 0 saturated carbocycles. The third-order valence-corrected chi connectivity index (χ3v) is 2.97. The second-order valence-electron chi connectivity index (χ2n) is 4.10. The number of fused-ring (bicyclic) bond motifs is 1. The highest BCUT2D eigenvalue weighted by Gasteiger charge is 2.19. The van der Waals surface area contributed by atoms with Crippen LogP contribution in [-0.4, -0.2) is 23.9 Å². The van der Waals surface area contributed by atoms with Gasteiger partial charge in [-0.15, -0.1) is 0 Å². The quantitative estimate of drug-likeness (QED) is 0.725. The molecule has 1 aromatic heterocycles. The van der Waals surface area contributed by atoms with E-state index in [9.17, 15) is 4.79 Å². The molecular formula is C13H12N2O. The number of aromatic nitrogens is 1. The first-order valence-electron chi connectivity index (χ1n) is 5.44. The molecule has 2 heterocycles. The smallest absolute Gasteiger partial charge is 0.153 e. The van der Waals surface area contributed by atoms with E-state index < -0.39 is 0 Å². The molecule has 3 nitrogen and oxygen atoms in total. The molecular weight excluding hydrogens is 200 g/mol. The molecule has 16 heavy (non-hydrogen) atoms. The lowest BCUT2D eigenvalue weighted by molar-refractivity contribution is -0.116. The summed E-state index contributed by atoms with van der Waals surface area (Å²) in [6.45, 7) is 1.35. The summed E-state index contributed by atoms with van der Waals surface area (Å²) in [4.78, 5) is 17.7. The van der Waals surface area contributed by atoms with Gasteiger partial charge in [-0.25, -0.2) is 0 Å². The van der Waals surface area contributed by atoms with Crippen molar-refractivity contribution in [1.29, 1.82) is 0 Å². The highest BCUT2D eigenvalue weighted by atomic mass is 16.1. The standard InChI is InChI=1S/C13H12N2O/c16-12-5-6-15(9-12)11-7-10-3-1-2-4-13(10)14-8-11/h1-4,7-8H,5-6,9H2. The normalized spacial score (nSPS) is 16.0. The Morgan fingerprint density at radius 3 is 2.94 bits per heavy atom. The number of ketones is 1. The van der Waals surface area contributed by atoms with Crippen LogP contribution in [-0.2, 0) is 4.79 Å². The Bertz CT molecular complexity index is 550. The van der Waals surface area contributed by atoms with E-state index in [4.69, 9.17) is 0 Å². The van der Waals surface area contributed by atoms with Crippen LogP contribution in [0, 0.1) is 0 Å². The summed E-state index contributed by atoms with van der Waals surface area (Å²) in [7, 11) is 0. The summed E-state index contributed by atoms with van der Waals surface area (Å²) in [5, 5.41) is 1.12. The van der Waals surface area contributed by atoms with E-state index in [1.807, 2.05) is 30.5 Å². The van der Waals surface area contributed by atoms with Gasteiger partial charge in [-0.05, 0) is 12.1 Å². The fourth-order valence-electron chi connectivity index (χ4n) is 2.08. The van der Waals surface area contributed by atoms with Crippen molar-refractivity contribution in [2.24, 2.45) is 0 Å². The average Bonchev–Trinajstić information content (AvgIpc) is 2.75. The number of anilines is 1. The number of pyridine rings is 1. The van der Waals surface area contributed by atoms with Crippen LogP contribution < -0.4 is 4.90 Å². The number of para-hydroxylation sites is 1. The van der Waals surface area contributed by atoms with Crippen molar-refractivity contribution in [2.45, 2.75) is 6.42 Å². The maximum absolute atomic E-state index is 11.2. The van der Waals surface area contributed by atoms with Crippen molar-refractivity contribution >= 4 is 22.4 Å². The zero-order chi connectivity index (χ0) is 11.0. The second-order valence-corrected chi connectivity index (χ2v) is 4.10. The van der Waals surface area contributed by atoms with Gasteiger partial charge >= 0.3 is 0 Å². The molecule has 0 unspecified atom stereocenters. The molecule has 1 saturated heterocycles. The van der Waals surface area contributed by atoms with Crippen molar-refractivity contribution in [3.05, 3.63) is 36.5 Å². The van der Waals surface area contributed by atoms with Crippen molar-refractivity contribution in [3.63, 3.8) is 0 Å². The van der Waals surface area contributed by atoms with Crippen LogP contribution in [0.15, 0.2) is 36.5 Å². The summed E-state index contributed by atoms with van der Waals surface area (Å²) in [6, 6.07) is 10.1. The zero-order valence-electron chi connectivity index (χ0n) is 8.89. The van der Waals surface area contributed by atoms with Gasteiger partial charge in [0.15, 0.2) is 5.78 Å². The lowest BCUT2D eigenvalue weighted by Crippen LogP contribution is -2.19. The SMILES string of the molecule is O=C1CCN(c2cnc3ccccc3c2)C1. The van der Waals surface area contributed by atoms with E-state index in [1.54, 1.807) is 0 Å². The number of benzene rings is 1. The molecule has 0 radical (unpaired) electrons. The van der Waals surface area contributed by atoms with Crippen LogP contribution in [0.1, 0.15) is 6.42 Å². The fourth-order valence-corrected chi connectivity index (χ4v) is 2.08. The Labute approximate surface area is 93.7 Å². The summed E-state index contributed by atoms with van der Waals surface area (Å²) in [5.74, 6) is 0.313. The summed E-state index contributed by atoms with van der Waals surface area (Å²) < 4.78 is 0. The molecule has 80 valence electrons. The van der Waals surface area contributed by atoms with E-state index in [1.165, 1.54) is 0 Å². The van der Waals surface area contributed by atoms with Crippen LogP contribution in [0.5, 0.6) is 0 Å². The lowest BCUT2D eigenvalue weighted by Gasteiger charge is -2.16. The Balaban J connectivity index is 2.02. The number of carbonyl (C=O) groups is 1. The van der Waals surface area contributed by atoms with Gasteiger partial charge in [0.25, 0.3) is 0 Å². The van der Waals surface area contributed by atoms with Crippen molar-refractivity contribution < 1.29 is 4.79 Å². The van der Waals surface area contributed by atoms with Gasteiger partial charge in [0.2, 0.25) is 0 Å². The zero-order valence-corrected chi connectivity index (χ0v) is 8.89. The van der Waals surface area contributed by atoms with Crippen molar-refractivity contribution in [2.75, 3.05) is 18.0 Å². The average molecular weight is 212 g/mol. The van der Waals surface area contributed by atoms with E-state index in [2.05, 4.69) is 16.0 Å². The van der Waals surface area contributed by atoms with Crippen LogP contribution >= 0.6 is 0 Å². The molecule has 1 aliphatic rings. The van der Waals surface area contributed by atoms with Gasteiger partial charge in [-0.3, -0.25) is 9.78 Å². The summed E-state index contributed by atoms with van der Waals surface area (Å²) in [5.41, 5.74) is 2.04. The third-order valence-electron chi connectivity index (χ3n) is 2.97. The number of Topliss-reactive ketones (excluding diaryl/α,β-unsaturated/α-hetero) is 1. The van der Waals surface area contributed by atoms with Gasteiger partial charge < -0.3 is 4.90 Å². The summed E-state index contributed by atoms with van der Waals surface area (Å²) >= 11 is 0. The minimum atomic E-state index is 0.313. The molecule has 0 atom stereocenters. The highest BCUT2D eigenvalue weighted by Crippen LogP contribution is 2.22. The monoisotopic (exact) mass is 212 g/mol. The van der Waals surface area contributed by atoms with Crippen molar-refractivity contribution in [3.8, 4) is 0 Å². The molecule has 3 rings (SSSR count). The van der Waals surface area contributed by atoms with Crippen molar-refractivity contribution in [1.82, 2.24) is 4.98 Å². The van der Waals surface area contributed by atoms with Gasteiger partial charge in [0, 0.05) is 18.4 Å². The number of nitrogens with zero attached hydrogens (tertiary/aromatic N) is 2. The fraction of sp³-hybridized carbons (Fsp3) is 0.231. The number of hydrogen-bond donors (Lipinski definition) is 0. The first-order chi connectivity index (χ1) is 7.83. The lowest BCUT2D eigenvalue weighted by atomic mass is 10.2. The van der Waals surface area contributed by atoms with Crippen LogP contribution in [0.25, 0.3) is 10.9 Å². The maximum atomic E-state index is 11.2. The predicted molar refractivity (Wildman–Crippen MR) is 63.6 cm³/mol. The first-order valence-corrected chi connectivity index (χ1v) is 5.44. The minimum Gasteiger partial charge on any atom is -0.362 e. The number of carbonyl (C=O) groups excluding carboxylic acids is 1. The molecule has 1 aliphatic heterocycles. The molecule has 3 heteroatoms. The molecule has 0 spiro atoms. The molecule has 0 aliphatic carbocycles. The van der Waals surface area contributed by atoms with Gasteiger partial charge in [0.1, 0.15) is 0 Å². The van der Waals surface area contributed by atoms with Crippen LogP contribution in [0.3, 0.4) is 0 Å². The number of hydrogen-bond acceptors (Lipinski definition) is 3. The molecule has 0 bridgehead atoms. The van der Waals surface area contributed by atoms with E-state index in [-0.39, 0.29) is 0 Å². The number of rotatable bonds is 1. The largest absolute Gasteiger partial charge is 0.362 e. The van der Waals surface area contributed by atoms with Crippen LogP contribution in [0.2, 0.25) is 0 Å². The Hall–Kier alpha value is -1.90. The van der Waals surface area contributed by atoms with Crippen LogP contribution in [0.4, 0.5) is 5.69 Å². The maximum Gasteiger partial charge on any atom is 0.153 e. The Kier molecular flexibility index (Phi) is 2.10. The highest BCUT2D eigenvalue weighted by molar-refractivity contribution is 5.88. The molecule has 0 amide bonds. The molecule has 1 fully saturated rings. The molecule has 0 N–H and O–H groups in total.